The van der Waals surface area contributed by atoms with E-state index in [2.05, 4.69) is 23.5 Å². The topological polar surface area (TPSA) is 37.3 Å². The first kappa shape index (κ1) is 15.5. The largest absolute Gasteiger partial charge is 0.324 e. The summed E-state index contributed by atoms with van der Waals surface area (Å²) in [5.41, 5.74) is 4.44. The quantitative estimate of drug-likeness (QED) is 0.746. The van der Waals surface area contributed by atoms with Gasteiger partial charge in [0, 0.05) is 30.8 Å². The van der Waals surface area contributed by atoms with Crippen LogP contribution in [0.3, 0.4) is 0 Å². The van der Waals surface area contributed by atoms with Crippen LogP contribution in [0.25, 0.3) is 5.69 Å². The Balaban J connectivity index is 1.50. The zero-order valence-electron chi connectivity index (χ0n) is 14.2. The fourth-order valence-electron chi connectivity index (χ4n) is 3.54. The minimum absolute atomic E-state index is 0.0774. The summed E-state index contributed by atoms with van der Waals surface area (Å²) in [5, 5.41) is 3.03. The molecule has 2 amide bonds. The lowest BCUT2D eigenvalue weighted by molar-refractivity contribution is 0.204. The SMILES string of the molecule is CN(C(=O)Nc1cccc(-n2cccc2)c1)C1CCc2ccccc21. The molecule has 4 rings (SSSR count). The number of aryl methyl sites for hydroxylation is 1. The van der Waals surface area contributed by atoms with Gasteiger partial charge in [0.1, 0.15) is 0 Å². The van der Waals surface area contributed by atoms with E-state index in [0.717, 1.165) is 24.2 Å². The van der Waals surface area contributed by atoms with Gasteiger partial charge in [0.05, 0.1) is 6.04 Å². The third-order valence-corrected chi connectivity index (χ3v) is 4.89. The van der Waals surface area contributed by atoms with E-state index in [1.807, 2.05) is 71.4 Å². The number of rotatable bonds is 3. The van der Waals surface area contributed by atoms with E-state index in [0.29, 0.717) is 0 Å². The van der Waals surface area contributed by atoms with E-state index in [-0.39, 0.29) is 12.1 Å². The molecule has 1 atom stereocenters. The van der Waals surface area contributed by atoms with Gasteiger partial charge in [-0.1, -0.05) is 30.3 Å². The van der Waals surface area contributed by atoms with E-state index >= 15 is 0 Å². The number of hydrogen-bond acceptors (Lipinski definition) is 1. The lowest BCUT2D eigenvalue weighted by Crippen LogP contribution is -2.34. The summed E-state index contributed by atoms with van der Waals surface area (Å²) in [4.78, 5) is 14.5. The third kappa shape index (κ3) is 3.03. The van der Waals surface area contributed by atoms with Gasteiger partial charge in [-0.15, -0.1) is 0 Å². The number of urea groups is 1. The van der Waals surface area contributed by atoms with Gasteiger partial charge >= 0.3 is 6.03 Å². The molecule has 0 radical (unpaired) electrons. The van der Waals surface area contributed by atoms with Crippen molar-refractivity contribution >= 4 is 11.7 Å². The normalized spacial score (nSPS) is 15.6. The highest BCUT2D eigenvalue weighted by molar-refractivity contribution is 5.89. The molecule has 0 bridgehead atoms. The Kier molecular flexibility index (Phi) is 4.02. The van der Waals surface area contributed by atoms with Crippen molar-refractivity contribution in [2.75, 3.05) is 12.4 Å². The molecule has 1 unspecified atom stereocenters. The van der Waals surface area contributed by atoms with Crippen LogP contribution < -0.4 is 5.32 Å². The summed E-state index contributed by atoms with van der Waals surface area (Å²) in [7, 11) is 1.87. The average Bonchev–Trinajstić information content (AvgIpc) is 3.31. The fourth-order valence-corrected chi connectivity index (χ4v) is 3.54. The van der Waals surface area contributed by atoms with E-state index in [1.54, 1.807) is 0 Å². The number of carbonyl (C=O) groups is 1. The summed E-state index contributed by atoms with van der Waals surface area (Å²) < 4.78 is 2.02. The smallest absolute Gasteiger partial charge is 0.322 e. The van der Waals surface area contributed by atoms with Crippen LogP contribution in [-0.2, 0) is 6.42 Å². The highest BCUT2D eigenvalue weighted by atomic mass is 16.2. The molecule has 4 nitrogen and oxygen atoms in total. The number of hydrogen-bond donors (Lipinski definition) is 1. The first-order chi connectivity index (χ1) is 12.2. The van der Waals surface area contributed by atoms with E-state index < -0.39 is 0 Å². The number of amides is 2. The molecule has 0 saturated carbocycles. The van der Waals surface area contributed by atoms with Crippen molar-refractivity contribution in [3.63, 3.8) is 0 Å². The van der Waals surface area contributed by atoms with Crippen LogP contribution in [0, 0.1) is 0 Å². The molecule has 1 N–H and O–H groups in total. The van der Waals surface area contributed by atoms with Crippen LogP contribution in [0.15, 0.2) is 73.1 Å². The predicted octanol–water partition coefficient (Wildman–Crippen LogP) is 4.63. The predicted molar refractivity (Wildman–Crippen MR) is 100 cm³/mol. The Morgan fingerprint density at radius 3 is 2.72 bits per heavy atom. The maximum Gasteiger partial charge on any atom is 0.322 e. The molecule has 0 fully saturated rings. The van der Waals surface area contributed by atoms with Crippen LogP contribution in [0.4, 0.5) is 10.5 Å². The minimum atomic E-state index is -0.0774. The molecule has 4 heteroatoms. The maximum atomic E-state index is 12.7. The molecular formula is C21H21N3O. The molecule has 1 heterocycles. The Bertz CT molecular complexity index is 886. The highest BCUT2D eigenvalue weighted by Gasteiger charge is 2.28. The number of nitrogens with zero attached hydrogens (tertiary/aromatic N) is 2. The second-order valence-electron chi connectivity index (χ2n) is 6.43. The maximum absolute atomic E-state index is 12.7. The summed E-state index contributed by atoms with van der Waals surface area (Å²) in [6.45, 7) is 0. The van der Waals surface area contributed by atoms with Gasteiger partial charge in [0.15, 0.2) is 0 Å². The van der Waals surface area contributed by atoms with Crippen molar-refractivity contribution in [1.82, 2.24) is 9.47 Å². The number of nitrogens with one attached hydrogen (secondary N) is 1. The molecule has 1 aromatic heterocycles. The Morgan fingerprint density at radius 2 is 1.88 bits per heavy atom. The first-order valence-electron chi connectivity index (χ1n) is 8.57. The second-order valence-corrected chi connectivity index (χ2v) is 6.43. The molecule has 0 saturated heterocycles. The van der Waals surface area contributed by atoms with Gasteiger partial charge in [-0.2, -0.15) is 0 Å². The van der Waals surface area contributed by atoms with E-state index in [1.165, 1.54) is 11.1 Å². The molecule has 1 aliphatic rings. The number of benzene rings is 2. The van der Waals surface area contributed by atoms with Crippen LogP contribution in [0.1, 0.15) is 23.6 Å². The summed E-state index contributed by atoms with van der Waals surface area (Å²) in [6.07, 6.45) is 5.99. The minimum Gasteiger partial charge on any atom is -0.324 e. The monoisotopic (exact) mass is 331 g/mol. The van der Waals surface area contributed by atoms with Gasteiger partial charge in [-0.05, 0) is 54.3 Å². The van der Waals surface area contributed by atoms with Crippen LogP contribution in [0.5, 0.6) is 0 Å². The molecule has 2 aromatic carbocycles. The lowest BCUT2D eigenvalue weighted by Gasteiger charge is -2.26. The number of aromatic nitrogens is 1. The van der Waals surface area contributed by atoms with Gasteiger partial charge in [0.25, 0.3) is 0 Å². The molecule has 1 aliphatic carbocycles. The Morgan fingerprint density at radius 1 is 1.08 bits per heavy atom. The summed E-state index contributed by atoms with van der Waals surface area (Å²) >= 11 is 0. The van der Waals surface area contributed by atoms with Crippen LogP contribution in [0.2, 0.25) is 0 Å². The Hall–Kier alpha value is -3.01. The van der Waals surface area contributed by atoms with Crippen molar-refractivity contribution in [2.24, 2.45) is 0 Å². The second kappa shape index (κ2) is 6.48. The van der Waals surface area contributed by atoms with Gasteiger partial charge < -0.3 is 14.8 Å². The Labute approximate surface area is 147 Å². The van der Waals surface area contributed by atoms with Gasteiger partial charge in [-0.25, -0.2) is 4.79 Å². The number of carbonyl (C=O) groups excluding carboxylic acids is 1. The summed E-state index contributed by atoms with van der Waals surface area (Å²) in [5.74, 6) is 0. The molecule has 3 aromatic rings. The van der Waals surface area contributed by atoms with Crippen molar-refractivity contribution in [2.45, 2.75) is 18.9 Å². The van der Waals surface area contributed by atoms with Crippen molar-refractivity contribution < 1.29 is 4.79 Å². The molecule has 0 spiro atoms. The zero-order valence-corrected chi connectivity index (χ0v) is 14.2. The van der Waals surface area contributed by atoms with E-state index in [9.17, 15) is 4.79 Å². The highest BCUT2D eigenvalue weighted by Crippen LogP contribution is 2.35. The van der Waals surface area contributed by atoms with Crippen LogP contribution in [-0.4, -0.2) is 22.5 Å². The number of fused-ring (bicyclic) bond motifs is 1. The number of anilines is 1. The van der Waals surface area contributed by atoms with Crippen LogP contribution >= 0.6 is 0 Å². The van der Waals surface area contributed by atoms with Gasteiger partial charge in [0.2, 0.25) is 0 Å². The van der Waals surface area contributed by atoms with Crippen molar-refractivity contribution in [3.05, 3.63) is 84.2 Å². The average molecular weight is 331 g/mol. The van der Waals surface area contributed by atoms with Gasteiger partial charge in [-0.3, -0.25) is 0 Å². The molecule has 126 valence electrons. The standard InChI is InChI=1S/C21H21N3O/c1-23(20-12-11-16-7-2-3-10-19(16)20)21(25)22-17-8-6-9-18(15-17)24-13-4-5-14-24/h2-10,13-15,20H,11-12H2,1H3,(H,22,25). The van der Waals surface area contributed by atoms with Crippen molar-refractivity contribution in [3.8, 4) is 5.69 Å². The summed E-state index contributed by atoms with van der Waals surface area (Å²) in [6, 6.07) is 20.3. The van der Waals surface area contributed by atoms with E-state index in [4.69, 9.17) is 0 Å². The van der Waals surface area contributed by atoms with Crippen molar-refractivity contribution in [1.29, 1.82) is 0 Å². The third-order valence-electron chi connectivity index (χ3n) is 4.89. The molecule has 25 heavy (non-hydrogen) atoms. The molecular weight excluding hydrogens is 310 g/mol. The zero-order chi connectivity index (χ0) is 17.2. The lowest BCUT2D eigenvalue weighted by atomic mass is 10.1. The first-order valence-corrected chi connectivity index (χ1v) is 8.57. The fraction of sp³-hybridized carbons (Fsp3) is 0.190. The molecule has 0 aliphatic heterocycles.